The summed E-state index contributed by atoms with van der Waals surface area (Å²) >= 11 is 0. The molecule has 24 heavy (non-hydrogen) atoms. The van der Waals surface area contributed by atoms with Gasteiger partial charge in [-0.1, -0.05) is 24.3 Å². The standard InChI is InChI=1S/C16H17N3O4S/c1-12-10-11-18(14-7-3-2-6-13(14)17-12)24(22,23)16-9-5-4-8-15(16)19(20)21/h2-9,12,17H,10-11H2,1H3. The van der Waals surface area contributed by atoms with Crippen molar-refractivity contribution in [3.05, 3.63) is 58.6 Å². The number of rotatable bonds is 3. The Morgan fingerprint density at radius 1 is 1.17 bits per heavy atom. The van der Waals surface area contributed by atoms with E-state index in [0.29, 0.717) is 17.8 Å². The van der Waals surface area contributed by atoms with Gasteiger partial charge in [0.05, 0.1) is 16.3 Å². The largest absolute Gasteiger partial charge is 0.381 e. The molecule has 7 nitrogen and oxygen atoms in total. The van der Waals surface area contributed by atoms with Crippen LogP contribution >= 0.6 is 0 Å². The van der Waals surface area contributed by atoms with Gasteiger partial charge in [-0.05, 0) is 31.5 Å². The lowest BCUT2D eigenvalue weighted by atomic mass is 10.2. The Kier molecular flexibility index (Phi) is 4.15. The summed E-state index contributed by atoms with van der Waals surface area (Å²) in [5, 5.41) is 14.5. The molecule has 2 aromatic carbocycles. The fourth-order valence-corrected chi connectivity index (χ4v) is 4.44. The Balaban J connectivity index is 2.16. The summed E-state index contributed by atoms with van der Waals surface area (Å²) < 4.78 is 27.5. The molecule has 2 aromatic rings. The van der Waals surface area contributed by atoms with Gasteiger partial charge in [-0.25, -0.2) is 8.42 Å². The van der Waals surface area contributed by atoms with Crippen LogP contribution in [-0.2, 0) is 10.0 Å². The van der Waals surface area contributed by atoms with E-state index < -0.39 is 20.6 Å². The van der Waals surface area contributed by atoms with Crippen molar-refractivity contribution in [2.45, 2.75) is 24.3 Å². The first-order valence-corrected chi connectivity index (χ1v) is 8.97. The first-order chi connectivity index (χ1) is 11.4. The Bertz CT molecular complexity index is 882. The van der Waals surface area contributed by atoms with E-state index >= 15 is 0 Å². The van der Waals surface area contributed by atoms with Gasteiger partial charge in [0.25, 0.3) is 15.7 Å². The molecule has 126 valence electrons. The average molecular weight is 347 g/mol. The van der Waals surface area contributed by atoms with E-state index in [2.05, 4.69) is 5.32 Å². The van der Waals surface area contributed by atoms with Crippen molar-refractivity contribution in [3.63, 3.8) is 0 Å². The van der Waals surface area contributed by atoms with E-state index in [9.17, 15) is 18.5 Å². The number of anilines is 2. The van der Waals surface area contributed by atoms with Crippen molar-refractivity contribution in [3.8, 4) is 0 Å². The molecule has 0 saturated carbocycles. The van der Waals surface area contributed by atoms with E-state index in [1.54, 1.807) is 18.2 Å². The molecule has 0 aliphatic carbocycles. The average Bonchev–Trinajstić information content (AvgIpc) is 2.73. The molecule has 0 fully saturated rings. The Morgan fingerprint density at radius 3 is 2.58 bits per heavy atom. The third kappa shape index (κ3) is 2.80. The van der Waals surface area contributed by atoms with Gasteiger partial charge in [0.15, 0.2) is 4.90 Å². The lowest BCUT2D eigenvalue weighted by Crippen LogP contribution is -2.32. The topological polar surface area (TPSA) is 92.5 Å². The number of hydrogen-bond donors (Lipinski definition) is 1. The van der Waals surface area contributed by atoms with Crippen LogP contribution in [0.4, 0.5) is 17.1 Å². The van der Waals surface area contributed by atoms with Gasteiger partial charge >= 0.3 is 0 Å². The predicted molar refractivity (Wildman–Crippen MR) is 91.8 cm³/mol. The highest BCUT2D eigenvalue weighted by atomic mass is 32.2. The number of hydrogen-bond acceptors (Lipinski definition) is 5. The summed E-state index contributed by atoms with van der Waals surface area (Å²) in [6.45, 7) is 2.22. The summed E-state index contributed by atoms with van der Waals surface area (Å²) in [6.07, 6.45) is 0.592. The first-order valence-electron chi connectivity index (χ1n) is 7.53. The van der Waals surface area contributed by atoms with Gasteiger partial charge in [0.2, 0.25) is 0 Å². The van der Waals surface area contributed by atoms with Crippen LogP contribution in [0.25, 0.3) is 0 Å². The second-order valence-electron chi connectivity index (χ2n) is 5.65. The predicted octanol–water partition coefficient (Wildman–Crippen LogP) is 2.99. The lowest BCUT2D eigenvalue weighted by molar-refractivity contribution is -0.387. The summed E-state index contributed by atoms with van der Waals surface area (Å²) in [5.41, 5.74) is 0.782. The third-order valence-corrected chi connectivity index (χ3v) is 5.83. The zero-order valence-electron chi connectivity index (χ0n) is 13.0. The molecule has 1 aliphatic rings. The number of para-hydroxylation sites is 3. The molecule has 1 atom stereocenters. The minimum absolute atomic E-state index is 0.0945. The zero-order valence-corrected chi connectivity index (χ0v) is 13.9. The molecule has 1 aliphatic heterocycles. The maximum Gasteiger partial charge on any atom is 0.289 e. The number of nitro groups is 1. The molecule has 1 N–H and O–H groups in total. The fourth-order valence-electron chi connectivity index (χ4n) is 2.78. The summed E-state index contributed by atoms with van der Waals surface area (Å²) in [6, 6.07) is 12.6. The zero-order chi connectivity index (χ0) is 17.3. The van der Waals surface area contributed by atoms with Crippen LogP contribution in [0.2, 0.25) is 0 Å². The van der Waals surface area contributed by atoms with Crippen molar-refractivity contribution in [2.24, 2.45) is 0 Å². The maximum atomic E-state index is 13.1. The van der Waals surface area contributed by atoms with Gasteiger partial charge < -0.3 is 5.32 Å². The molecule has 0 saturated heterocycles. The van der Waals surface area contributed by atoms with Gasteiger partial charge in [-0.3, -0.25) is 14.4 Å². The summed E-state index contributed by atoms with van der Waals surface area (Å²) in [4.78, 5) is 10.3. The molecular formula is C16H17N3O4S. The van der Waals surface area contributed by atoms with E-state index in [4.69, 9.17) is 0 Å². The molecule has 0 radical (unpaired) electrons. The van der Waals surface area contributed by atoms with E-state index in [-0.39, 0.29) is 17.5 Å². The number of benzene rings is 2. The highest BCUT2D eigenvalue weighted by Gasteiger charge is 2.34. The third-order valence-electron chi connectivity index (χ3n) is 3.97. The second-order valence-corrected chi connectivity index (χ2v) is 7.48. The normalized spacial score (nSPS) is 17.5. The SMILES string of the molecule is CC1CCN(S(=O)(=O)c2ccccc2[N+](=O)[O-])c2ccccc2N1. The quantitative estimate of drug-likeness (QED) is 0.680. The van der Waals surface area contributed by atoms with Gasteiger partial charge in [0, 0.05) is 18.7 Å². The highest BCUT2D eigenvalue weighted by Crippen LogP contribution is 2.36. The van der Waals surface area contributed by atoms with Crippen molar-refractivity contribution in [2.75, 3.05) is 16.2 Å². The fraction of sp³-hybridized carbons (Fsp3) is 0.250. The molecule has 3 rings (SSSR count). The molecule has 1 unspecified atom stereocenters. The summed E-state index contributed by atoms with van der Waals surface area (Å²) in [5.74, 6) is 0. The van der Waals surface area contributed by atoms with E-state index in [1.807, 2.05) is 13.0 Å². The number of nitrogens with one attached hydrogen (secondary N) is 1. The van der Waals surface area contributed by atoms with Gasteiger partial charge in [-0.15, -0.1) is 0 Å². The summed E-state index contributed by atoms with van der Waals surface area (Å²) in [7, 11) is -4.05. The van der Waals surface area contributed by atoms with Gasteiger partial charge in [-0.2, -0.15) is 0 Å². The Morgan fingerprint density at radius 2 is 1.83 bits per heavy atom. The minimum Gasteiger partial charge on any atom is -0.381 e. The smallest absolute Gasteiger partial charge is 0.289 e. The Labute approximate surface area is 140 Å². The van der Waals surface area contributed by atoms with E-state index in [1.165, 1.54) is 28.6 Å². The number of sulfonamides is 1. The van der Waals surface area contributed by atoms with Crippen molar-refractivity contribution < 1.29 is 13.3 Å². The molecule has 0 spiro atoms. The minimum atomic E-state index is -4.05. The molecule has 1 heterocycles. The molecule has 0 bridgehead atoms. The second kappa shape index (κ2) is 6.12. The molecular weight excluding hydrogens is 330 g/mol. The Hall–Kier alpha value is -2.61. The lowest BCUT2D eigenvalue weighted by Gasteiger charge is -2.23. The van der Waals surface area contributed by atoms with Crippen molar-refractivity contribution in [1.29, 1.82) is 0 Å². The first kappa shape index (κ1) is 16.3. The molecule has 0 aromatic heterocycles. The van der Waals surface area contributed by atoms with Crippen LogP contribution in [0.5, 0.6) is 0 Å². The van der Waals surface area contributed by atoms with Crippen molar-refractivity contribution in [1.82, 2.24) is 0 Å². The van der Waals surface area contributed by atoms with Crippen LogP contribution in [0.15, 0.2) is 53.4 Å². The van der Waals surface area contributed by atoms with Crippen LogP contribution in [-0.4, -0.2) is 25.9 Å². The number of fused-ring (bicyclic) bond motifs is 1. The highest BCUT2D eigenvalue weighted by molar-refractivity contribution is 7.93. The molecule has 8 heteroatoms. The monoisotopic (exact) mass is 347 g/mol. The number of nitro benzene ring substituents is 1. The molecule has 0 amide bonds. The van der Waals surface area contributed by atoms with Crippen LogP contribution in [0.1, 0.15) is 13.3 Å². The maximum absolute atomic E-state index is 13.1. The van der Waals surface area contributed by atoms with Crippen LogP contribution < -0.4 is 9.62 Å². The van der Waals surface area contributed by atoms with Gasteiger partial charge in [0.1, 0.15) is 0 Å². The van der Waals surface area contributed by atoms with E-state index in [0.717, 1.165) is 0 Å². The van der Waals surface area contributed by atoms with Crippen LogP contribution in [0.3, 0.4) is 0 Å². The number of nitrogens with zero attached hydrogens (tertiary/aromatic N) is 2. The van der Waals surface area contributed by atoms with Crippen molar-refractivity contribution >= 4 is 27.1 Å². The van der Waals surface area contributed by atoms with Crippen LogP contribution in [0, 0.1) is 10.1 Å².